The van der Waals surface area contributed by atoms with Crippen molar-refractivity contribution in [2.45, 2.75) is 45.1 Å². The molecule has 6 heteroatoms. The third-order valence-electron chi connectivity index (χ3n) is 5.05. The minimum Gasteiger partial charge on any atom is -0.345 e. The predicted octanol–water partition coefficient (Wildman–Crippen LogP) is 2.63. The van der Waals surface area contributed by atoms with Crippen molar-refractivity contribution in [1.29, 1.82) is 0 Å². The molecule has 3 rings (SSSR count). The van der Waals surface area contributed by atoms with Crippen LogP contribution in [0.25, 0.3) is 0 Å². The van der Waals surface area contributed by atoms with E-state index in [1.165, 1.54) is 32.1 Å². The molecule has 1 aliphatic carbocycles. The molecular weight excluding hydrogens is 318 g/mol. The van der Waals surface area contributed by atoms with Crippen LogP contribution in [0.2, 0.25) is 0 Å². The highest BCUT2D eigenvalue weighted by molar-refractivity contribution is 7.80. The number of pyridine rings is 1. The number of thiocarbonyl (C=S) groups is 1. The molecule has 1 aromatic heterocycles. The fourth-order valence-electron chi connectivity index (χ4n) is 3.57. The zero-order valence-corrected chi connectivity index (χ0v) is 15.3. The van der Waals surface area contributed by atoms with Crippen LogP contribution in [0.4, 0.5) is 0 Å². The highest BCUT2D eigenvalue weighted by Gasteiger charge is 2.25. The summed E-state index contributed by atoms with van der Waals surface area (Å²) >= 11 is 5.51. The van der Waals surface area contributed by atoms with Crippen LogP contribution in [0, 0.1) is 0 Å². The van der Waals surface area contributed by atoms with E-state index in [-0.39, 0.29) is 0 Å². The Morgan fingerprint density at radius 2 is 1.92 bits per heavy atom. The molecule has 1 aromatic rings. The van der Waals surface area contributed by atoms with Gasteiger partial charge in [0.2, 0.25) is 0 Å². The fourth-order valence-corrected chi connectivity index (χ4v) is 3.80. The van der Waals surface area contributed by atoms with Gasteiger partial charge in [-0.3, -0.25) is 15.3 Å². The van der Waals surface area contributed by atoms with Crippen LogP contribution in [0.5, 0.6) is 0 Å². The maximum absolute atomic E-state index is 5.51. The fraction of sp³-hybridized carbons (Fsp3) is 0.611. The Morgan fingerprint density at radius 3 is 2.58 bits per heavy atom. The Morgan fingerprint density at radius 1 is 1.17 bits per heavy atom. The first-order chi connectivity index (χ1) is 11.7. The van der Waals surface area contributed by atoms with Gasteiger partial charge < -0.3 is 4.90 Å². The molecular formula is C18H27N5S. The molecule has 1 aliphatic heterocycles. The first-order valence-corrected chi connectivity index (χ1v) is 9.39. The zero-order chi connectivity index (χ0) is 16.8. The van der Waals surface area contributed by atoms with Crippen molar-refractivity contribution in [1.82, 2.24) is 20.2 Å². The molecule has 0 aromatic carbocycles. The van der Waals surface area contributed by atoms with E-state index in [9.17, 15) is 0 Å². The average Bonchev–Trinajstić information content (AvgIpc) is 2.67. The highest BCUT2D eigenvalue weighted by atomic mass is 32.1. The molecule has 1 N–H and O–H groups in total. The lowest BCUT2D eigenvalue weighted by atomic mass is 9.94. The summed E-state index contributed by atoms with van der Waals surface area (Å²) in [5, 5.41) is 5.10. The van der Waals surface area contributed by atoms with E-state index in [1.54, 1.807) is 6.20 Å². The van der Waals surface area contributed by atoms with Crippen LogP contribution in [-0.2, 0) is 0 Å². The monoisotopic (exact) mass is 345 g/mol. The molecule has 0 spiro atoms. The quantitative estimate of drug-likeness (QED) is 0.518. The van der Waals surface area contributed by atoms with E-state index < -0.39 is 0 Å². The largest absolute Gasteiger partial charge is 0.345 e. The van der Waals surface area contributed by atoms with Gasteiger partial charge in [0.1, 0.15) is 0 Å². The van der Waals surface area contributed by atoms with Gasteiger partial charge in [-0.15, -0.1) is 0 Å². The van der Waals surface area contributed by atoms with E-state index in [1.807, 2.05) is 25.1 Å². The van der Waals surface area contributed by atoms with Crippen LogP contribution in [0.3, 0.4) is 0 Å². The predicted molar refractivity (Wildman–Crippen MR) is 102 cm³/mol. The van der Waals surface area contributed by atoms with Crippen molar-refractivity contribution in [2.75, 3.05) is 26.2 Å². The summed E-state index contributed by atoms with van der Waals surface area (Å²) in [7, 11) is 0. The molecule has 2 fully saturated rings. The lowest BCUT2D eigenvalue weighted by Gasteiger charge is -2.41. The molecule has 2 aliphatic rings. The molecule has 1 saturated carbocycles. The number of aromatic nitrogens is 1. The third kappa shape index (κ3) is 4.51. The molecule has 24 heavy (non-hydrogen) atoms. The van der Waals surface area contributed by atoms with E-state index in [0.717, 1.165) is 43.6 Å². The van der Waals surface area contributed by atoms with Gasteiger partial charge in [0.05, 0.1) is 11.4 Å². The summed E-state index contributed by atoms with van der Waals surface area (Å²) in [5.74, 6) is 0. The maximum atomic E-state index is 5.51. The summed E-state index contributed by atoms with van der Waals surface area (Å²) in [6, 6.07) is 6.61. The van der Waals surface area contributed by atoms with Crippen LogP contribution < -0.4 is 5.43 Å². The normalized spacial score (nSPS) is 20.9. The molecule has 1 saturated heterocycles. The summed E-state index contributed by atoms with van der Waals surface area (Å²) in [4.78, 5) is 9.18. The van der Waals surface area contributed by atoms with Crippen molar-refractivity contribution < 1.29 is 0 Å². The van der Waals surface area contributed by atoms with E-state index in [0.29, 0.717) is 5.11 Å². The Kier molecular flexibility index (Phi) is 6.15. The molecule has 0 radical (unpaired) electrons. The number of hydrazone groups is 1. The SMILES string of the molecule is C/C(=N\NC(=S)N1CCN(C2CCCCC2)CC1)c1ccccn1. The van der Waals surface area contributed by atoms with Gasteiger partial charge in [0, 0.05) is 38.4 Å². The van der Waals surface area contributed by atoms with Gasteiger partial charge in [-0.25, -0.2) is 0 Å². The van der Waals surface area contributed by atoms with Gasteiger partial charge >= 0.3 is 0 Å². The lowest BCUT2D eigenvalue weighted by Crippen LogP contribution is -2.53. The van der Waals surface area contributed by atoms with Crippen LogP contribution in [0.1, 0.15) is 44.7 Å². The lowest BCUT2D eigenvalue weighted by molar-refractivity contribution is 0.107. The Balaban J connectivity index is 1.46. The maximum Gasteiger partial charge on any atom is 0.189 e. The van der Waals surface area contributed by atoms with E-state index in [4.69, 9.17) is 12.2 Å². The molecule has 0 bridgehead atoms. The summed E-state index contributed by atoms with van der Waals surface area (Å²) < 4.78 is 0. The zero-order valence-electron chi connectivity index (χ0n) is 14.4. The first kappa shape index (κ1) is 17.3. The van der Waals surface area contributed by atoms with Crippen LogP contribution in [-0.4, -0.2) is 57.8 Å². The number of rotatable bonds is 3. The topological polar surface area (TPSA) is 43.8 Å². The second kappa shape index (κ2) is 8.53. The minimum atomic E-state index is 0.716. The van der Waals surface area contributed by atoms with Gasteiger partial charge in [0.15, 0.2) is 5.11 Å². The van der Waals surface area contributed by atoms with Crippen LogP contribution >= 0.6 is 12.2 Å². The highest BCUT2D eigenvalue weighted by Crippen LogP contribution is 2.23. The number of hydrogen-bond acceptors (Lipinski definition) is 4. The summed E-state index contributed by atoms with van der Waals surface area (Å²) in [5.41, 5.74) is 4.75. The Bertz CT molecular complexity index is 560. The molecule has 0 amide bonds. The smallest absolute Gasteiger partial charge is 0.189 e. The summed E-state index contributed by atoms with van der Waals surface area (Å²) in [6.07, 6.45) is 8.72. The second-order valence-corrected chi connectivity index (χ2v) is 7.03. The van der Waals surface area contributed by atoms with Gasteiger partial charge in [-0.05, 0) is 44.1 Å². The number of nitrogens with one attached hydrogen (secondary N) is 1. The number of piperazine rings is 1. The van der Waals surface area contributed by atoms with Crippen molar-refractivity contribution in [3.63, 3.8) is 0 Å². The van der Waals surface area contributed by atoms with Crippen molar-refractivity contribution in [3.8, 4) is 0 Å². The van der Waals surface area contributed by atoms with Crippen molar-refractivity contribution >= 4 is 23.0 Å². The van der Waals surface area contributed by atoms with E-state index in [2.05, 4.69) is 25.3 Å². The van der Waals surface area contributed by atoms with Gasteiger partial charge in [0.25, 0.3) is 0 Å². The molecule has 0 unspecified atom stereocenters. The first-order valence-electron chi connectivity index (χ1n) is 8.99. The van der Waals surface area contributed by atoms with Crippen LogP contribution in [0.15, 0.2) is 29.5 Å². The average molecular weight is 346 g/mol. The van der Waals surface area contributed by atoms with Gasteiger partial charge in [-0.2, -0.15) is 5.10 Å². The molecule has 5 nitrogen and oxygen atoms in total. The minimum absolute atomic E-state index is 0.716. The molecule has 130 valence electrons. The standard InChI is InChI=1S/C18H27N5S/c1-15(17-9-5-6-10-19-17)20-21-18(24)23-13-11-22(12-14-23)16-7-3-2-4-8-16/h5-6,9-10,16H,2-4,7-8,11-14H2,1H3,(H,21,24)/b20-15+. The second-order valence-electron chi connectivity index (χ2n) is 6.64. The third-order valence-corrected chi connectivity index (χ3v) is 5.40. The molecule has 2 heterocycles. The van der Waals surface area contributed by atoms with Crippen molar-refractivity contribution in [2.24, 2.45) is 5.10 Å². The summed E-state index contributed by atoms with van der Waals surface area (Å²) in [6.45, 7) is 6.13. The van der Waals surface area contributed by atoms with Crippen molar-refractivity contribution in [3.05, 3.63) is 30.1 Å². The van der Waals surface area contributed by atoms with Gasteiger partial charge in [-0.1, -0.05) is 25.3 Å². The Labute approximate surface area is 150 Å². The number of nitrogens with zero attached hydrogens (tertiary/aromatic N) is 4. The van der Waals surface area contributed by atoms with E-state index >= 15 is 0 Å². The Hall–Kier alpha value is -1.53. The molecule has 0 atom stereocenters. The number of hydrogen-bond donors (Lipinski definition) is 1.